The number of benzene rings is 1. The summed E-state index contributed by atoms with van der Waals surface area (Å²) in [5.41, 5.74) is 2.04. The van der Waals surface area contributed by atoms with Gasteiger partial charge in [-0.25, -0.2) is 8.42 Å². The summed E-state index contributed by atoms with van der Waals surface area (Å²) >= 11 is 1.75. The van der Waals surface area contributed by atoms with Gasteiger partial charge in [-0.3, -0.25) is 4.79 Å². The summed E-state index contributed by atoms with van der Waals surface area (Å²) in [7, 11) is -3.56. The maximum absolute atomic E-state index is 12.7. The summed E-state index contributed by atoms with van der Waals surface area (Å²) in [6.07, 6.45) is 1.39. The molecule has 140 valence electrons. The lowest BCUT2D eigenvalue weighted by Crippen LogP contribution is -2.37. The first-order valence-corrected chi connectivity index (χ1v) is 11.1. The number of H-pyrrole nitrogens is 1. The van der Waals surface area contributed by atoms with Gasteiger partial charge in [0.1, 0.15) is 10.6 Å². The highest BCUT2D eigenvalue weighted by atomic mass is 32.2. The molecular formula is C18H23N3O3S2. The fourth-order valence-electron chi connectivity index (χ4n) is 2.76. The van der Waals surface area contributed by atoms with E-state index in [9.17, 15) is 13.2 Å². The van der Waals surface area contributed by atoms with Crippen molar-refractivity contribution in [1.29, 1.82) is 0 Å². The van der Waals surface area contributed by atoms with Gasteiger partial charge in [0.2, 0.25) is 10.0 Å². The van der Waals surface area contributed by atoms with Gasteiger partial charge >= 0.3 is 0 Å². The summed E-state index contributed by atoms with van der Waals surface area (Å²) in [5.74, 6) is 1.59. The summed E-state index contributed by atoms with van der Waals surface area (Å²) in [4.78, 5) is 15.4. The molecule has 0 atom stereocenters. The monoisotopic (exact) mass is 393 g/mol. The first-order valence-electron chi connectivity index (χ1n) is 8.55. The van der Waals surface area contributed by atoms with Crippen molar-refractivity contribution < 1.29 is 13.2 Å². The third-order valence-corrected chi connectivity index (χ3v) is 7.14. The first kappa shape index (κ1) is 19.0. The molecule has 3 rings (SSSR count). The van der Waals surface area contributed by atoms with Gasteiger partial charge in [0.15, 0.2) is 0 Å². The lowest BCUT2D eigenvalue weighted by molar-refractivity contribution is 0.102. The van der Waals surface area contributed by atoms with Crippen LogP contribution in [0.5, 0.6) is 0 Å². The highest BCUT2D eigenvalue weighted by Gasteiger charge is 2.27. The van der Waals surface area contributed by atoms with Crippen LogP contribution >= 0.6 is 11.8 Å². The topological polar surface area (TPSA) is 82.3 Å². The molecule has 0 spiro atoms. The SMILES string of the molecule is CC(C)c1cccc(NC(=O)c2cc(S(=O)(=O)N3CCSCC3)c[nH]2)c1. The van der Waals surface area contributed by atoms with Crippen LogP contribution in [0.15, 0.2) is 41.4 Å². The van der Waals surface area contributed by atoms with Gasteiger partial charge in [-0.1, -0.05) is 26.0 Å². The largest absolute Gasteiger partial charge is 0.356 e. The number of nitrogens with zero attached hydrogens (tertiary/aromatic N) is 1. The highest BCUT2D eigenvalue weighted by Crippen LogP contribution is 2.22. The average molecular weight is 394 g/mol. The number of aromatic nitrogens is 1. The molecule has 0 bridgehead atoms. The van der Waals surface area contributed by atoms with E-state index in [0.29, 0.717) is 24.7 Å². The number of nitrogens with one attached hydrogen (secondary N) is 2. The third kappa shape index (κ3) is 4.13. The van der Waals surface area contributed by atoms with Crippen LogP contribution in [0.25, 0.3) is 0 Å². The molecule has 1 aliphatic heterocycles. The molecule has 6 nitrogen and oxygen atoms in total. The minimum atomic E-state index is -3.56. The molecule has 1 aromatic heterocycles. The molecule has 8 heteroatoms. The molecule has 2 heterocycles. The Balaban J connectivity index is 1.75. The maximum atomic E-state index is 12.7. The van der Waals surface area contributed by atoms with Crippen molar-refractivity contribution >= 4 is 33.4 Å². The van der Waals surface area contributed by atoms with Crippen molar-refractivity contribution in [3.8, 4) is 0 Å². The molecule has 0 radical (unpaired) electrons. The molecule has 26 heavy (non-hydrogen) atoms. The smallest absolute Gasteiger partial charge is 0.272 e. The summed E-state index contributed by atoms with van der Waals surface area (Å²) in [5, 5.41) is 2.82. The fraction of sp³-hybridized carbons (Fsp3) is 0.389. The lowest BCUT2D eigenvalue weighted by Gasteiger charge is -2.24. The Labute approximate surface area is 158 Å². The molecule has 1 amide bonds. The zero-order valence-electron chi connectivity index (χ0n) is 14.9. The molecule has 0 aliphatic carbocycles. The van der Waals surface area contributed by atoms with Crippen LogP contribution in [0.2, 0.25) is 0 Å². The van der Waals surface area contributed by atoms with Crippen LogP contribution in [0.4, 0.5) is 5.69 Å². The van der Waals surface area contributed by atoms with Crippen LogP contribution < -0.4 is 5.32 Å². The van der Waals surface area contributed by atoms with E-state index in [4.69, 9.17) is 0 Å². The van der Waals surface area contributed by atoms with Crippen LogP contribution in [0.3, 0.4) is 0 Å². The van der Waals surface area contributed by atoms with E-state index < -0.39 is 10.0 Å². The van der Waals surface area contributed by atoms with Crippen molar-refractivity contribution in [1.82, 2.24) is 9.29 Å². The Morgan fingerprint density at radius 1 is 1.23 bits per heavy atom. The normalized spacial score (nSPS) is 16.0. The molecule has 1 aliphatic rings. The number of thioether (sulfide) groups is 1. The van der Waals surface area contributed by atoms with Gasteiger partial charge < -0.3 is 10.3 Å². The van der Waals surface area contributed by atoms with Gasteiger partial charge in [-0.05, 0) is 29.7 Å². The van der Waals surface area contributed by atoms with Crippen molar-refractivity contribution in [3.05, 3.63) is 47.8 Å². The number of anilines is 1. The number of hydrogen-bond donors (Lipinski definition) is 2. The second-order valence-corrected chi connectivity index (χ2v) is 9.66. The Morgan fingerprint density at radius 2 is 1.96 bits per heavy atom. The first-order chi connectivity index (χ1) is 12.4. The number of aromatic amines is 1. The fourth-order valence-corrected chi connectivity index (χ4v) is 5.33. The van der Waals surface area contributed by atoms with E-state index in [0.717, 1.165) is 17.1 Å². The lowest BCUT2D eigenvalue weighted by atomic mass is 10.0. The van der Waals surface area contributed by atoms with E-state index in [1.54, 1.807) is 11.8 Å². The van der Waals surface area contributed by atoms with Gasteiger partial charge in [0.05, 0.1) is 0 Å². The van der Waals surface area contributed by atoms with Gasteiger partial charge in [-0.2, -0.15) is 16.1 Å². The maximum Gasteiger partial charge on any atom is 0.272 e. The predicted molar refractivity (Wildman–Crippen MR) is 105 cm³/mol. The van der Waals surface area contributed by atoms with Gasteiger partial charge in [0, 0.05) is 36.5 Å². The highest BCUT2D eigenvalue weighted by molar-refractivity contribution is 7.99. The van der Waals surface area contributed by atoms with Crippen LogP contribution in [0, 0.1) is 0 Å². The number of sulfonamides is 1. The minimum absolute atomic E-state index is 0.130. The van der Waals surface area contributed by atoms with Gasteiger partial charge in [0.25, 0.3) is 5.91 Å². The molecule has 2 aromatic rings. The predicted octanol–water partition coefficient (Wildman–Crippen LogP) is 3.13. The number of carbonyl (C=O) groups excluding carboxylic acids is 1. The standard InChI is InChI=1S/C18H23N3O3S2/c1-13(2)14-4-3-5-15(10-14)20-18(22)17-11-16(12-19-17)26(23,24)21-6-8-25-9-7-21/h3-5,10-13,19H,6-9H2,1-2H3,(H,20,22). The van der Waals surface area contributed by atoms with E-state index in [-0.39, 0.29) is 16.5 Å². The second kappa shape index (κ2) is 7.85. The number of hydrogen-bond acceptors (Lipinski definition) is 4. The average Bonchev–Trinajstić information content (AvgIpc) is 3.14. The van der Waals surface area contributed by atoms with Crippen LogP contribution in [-0.2, 0) is 10.0 Å². The van der Waals surface area contributed by atoms with E-state index in [1.165, 1.54) is 16.6 Å². The molecule has 1 saturated heterocycles. The Morgan fingerprint density at radius 3 is 2.65 bits per heavy atom. The minimum Gasteiger partial charge on any atom is -0.356 e. The summed E-state index contributed by atoms with van der Waals surface area (Å²) in [6.45, 7) is 5.17. The molecule has 1 fully saturated rings. The Kier molecular flexibility index (Phi) is 5.74. The van der Waals surface area contributed by atoms with Crippen molar-refractivity contribution in [2.24, 2.45) is 0 Å². The molecular weight excluding hydrogens is 370 g/mol. The quantitative estimate of drug-likeness (QED) is 0.818. The Bertz CT molecular complexity index is 885. The third-order valence-electron chi connectivity index (χ3n) is 4.32. The summed E-state index contributed by atoms with van der Waals surface area (Å²) < 4.78 is 26.8. The van der Waals surface area contributed by atoms with E-state index in [2.05, 4.69) is 24.1 Å². The van der Waals surface area contributed by atoms with Crippen LogP contribution in [-0.4, -0.2) is 48.2 Å². The van der Waals surface area contributed by atoms with Crippen LogP contribution in [0.1, 0.15) is 35.8 Å². The van der Waals surface area contributed by atoms with Crippen molar-refractivity contribution in [2.45, 2.75) is 24.7 Å². The molecule has 1 aromatic carbocycles. The number of carbonyl (C=O) groups is 1. The molecule has 2 N–H and O–H groups in total. The summed E-state index contributed by atoms with van der Waals surface area (Å²) in [6, 6.07) is 9.05. The van der Waals surface area contributed by atoms with Crippen molar-refractivity contribution in [3.63, 3.8) is 0 Å². The number of amides is 1. The van der Waals surface area contributed by atoms with E-state index in [1.807, 2.05) is 24.3 Å². The zero-order chi connectivity index (χ0) is 18.7. The van der Waals surface area contributed by atoms with E-state index >= 15 is 0 Å². The Hall–Kier alpha value is -1.77. The molecule has 0 saturated carbocycles. The number of rotatable bonds is 5. The zero-order valence-corrected chi connectivity index (χ0v) is 16.5. The second-order valence-electron chi connectivity index (χ2n) is 6.50. The molecule has 0 unspecified atom stereocenters. The van der Waals surface area contributed by atoms with Crippen molar-refractivity contribution in [2.75, 3.05) is 29.9 Å². The van der Waals surface area contributed by atoms with Gasteiger partial charge in [-0.15, -0.1) is 0 Å².